The molecule has 5 unspecified atom stereocenters. The first-order chi connectivity index (χ1) is 67.9. The molecule has 5 atom stereocenters. The van der Waals surface area contributed by atoms with Gasteiger partial charge in [-0.15, -0.1) is 0 Å². The summed E-state index contributed by atoms with van der Waals surface area (Å²) in [5.41, 5.74) is 22.4. The number of methoxy groups -OCH3 is 2. The summed E-state index contributed by atoms with van der Waals surface area (Å²) in [5, 5.41) is 4.11. The van der Waals surface area contributed by atoms with Crippen molar-refractivity contribution in [2.75, 3.05) is 47.3 Å². The zero-order valence-electron chi connectivity index (χ0n) is 79.3. The summed E-state index contributed by atoms with van der Waals surface area (Å²) < 4.78 is 138. The number of hydrogen-bond acceptors (Lipinski definition) is 17. The molecule has 17 nitrogen and oxygen atoms in total. The molecule has 0 amide bonds. The molecule has 710 valence electrons. The molecular weight excluding hydrogens is 1890 g/mol. The zero-order chi connectivity index (χ0) is 98.3. The maximum atomic E-state index is 13.7. The molecular formula is C116H105Cl2O17P5. The van der Waals surface area contributed by atoms with Crippen molar-refractivity contribution >= 4 is 144 Å². The van der Waals surface area contributed by atoms with E-state index in [1.807, 2.05) is 338 Å². The number of hydrogen-bond donors (Lipinski definition) is 0. The lowest BCUT2D eigenvalue weighted by atomic mass is 9.93. The van der Waals surface area contributed by atoms with Gasteiger partial charge < -0.3 is 32.1 Å². The van der Waals surface area contributed by atoms with Crippen LogP contribution in [0.15, 0.2) is 376 Å². The fraction of sp³-hybridized carbons (Fsp3) is 0.138. The predicted octanol–water partition coefficient (Wildman–Crippen LogP) is 30.0. The average molecular weight is 2000 g/mol. The highest BCUT2D eigenvalue weighted by Gasteiger charge is 2.46. The first-order valence-electron chi connectivity index (χ1n) is 46.0. The van der Waals surface area contributed by atoms with E-state index >= 15 is 0 Å². The Morgan fingerprint density at radius 2 is 0.429 bits per heavy atom. The average Bonchev–Trinajstić information content (AvgIpc) is 0.747. The minimum absolute atomic E-state index is 0.265. The van der Waals surface area contributed by atoms with E-state index in [2.05, 4.69) is 62.4 Å². The molecule has 0 N–H and O–H groups in total. The second-order valence-electron chi connectivity index (χ2n) is 32.8. The summed E-state index contributed by atoms with van der Waals surface area (Å²) in [7, 11) is -14.2. The van der Waals surface area contributed by atoms with Gasteiger partial charge in [0.15, 0.2) is 0 Å². The molecule has 5 heterocycles. The van der Waals surface area contributed by atoms with E-state index < -0.39 is 38.0 Å². The lowest BCUT2D eigenvalue weighted by Gasteiger charge is -2.30. The molecule has 0 radical (unpaired) electrons. The van der Waals surface area contributed by atoms with Gasteiger partial charge in [0.1, 0.15) is 40.3 Å². The molecule has 5 aliphatic rings. The number of ether oxygens (including phenoxy) is 2. The normalized spacial score (nSPS) is 18.5. The van der Waals surface area contributed by atoms with E-state index in [1.165, 1.54) is 5.56 Å². The second kappa shape index (κ2) is 44.7. The highest BCUT2D eigenvalue weighted by Crippen LogP contribution is 2.63. The van der Waals surface area contributed by atoms with Crippen LogP contribution in [0.2, 0.25) is 10.0 Å². The van der Waals surface area contributed by atoms with Crippen LogP contribution in [0.4, 0.5) is 0 Å². The summed E-state index contributed by atoms with van der Waals surface area (Å²) in [6, 6.07) is 120. The summed E-state index contributed by atoms with van der Waals surface area (Å²) >= 11 is 12.5. The Hall–Kier alpha value is -12.9. The molecule has 140 heavy (non-hydrogen) atoms. The van der Waals surface area contributed by atoms with Crippen LogP contribution in [0.5, 0.6) is 11.5 Å². The number of aryl methyl sites for hydroxylation is 4. The van der Waals surface area contributed by atoms with Crippen LogP contribution in [0, 0.1) is 27.7 Å². The van der Waals surface area contributed by atoms with Gasteiger partial charge in [-0.1, -0.05) is 325 Å². The number of fused-ring (bicyclic) bond motifs is 5. The van der Waals surface area contributed by atoms with E-state index in [9.17, 15) is 22.8 Å². The Morgan fingerprint density at radius 1 is 0.214 bits per heavy atom. The van der Waals surface area contributed by atoms with Crippen molar-refractivity contribution in [2.24, 2.45) is 0 Å². The zero-order valence-corrected chi connectivity index (χ0v) is 85.2. The van der Waals surface area contributed by atoms with Gasteiger partial charge in [0.05, 0.1) is 73.8 Å². The molecule has 0 aliphatic carbocycles. The van der Waals surface area contributed by atoms with Gasteiger partial charge in [-0.05, 0) is 187 Å². The van der Waals surface area contributed by atoms with Crippen molar-refractivity contribution in [3.8, 4) is 11.5 Å². The van der Waals surface area contributed by atoms with E-state index in [0.29, 0.717) is 85.2 Å². The van der Waals surface area contributed by atoms with Crippen LogP contribution in [-0.4, -0.2) is 47.3 Å². The quantitative estimate of drug-likeness (QED) is 0.0580. The Balaban J connectivity index is 0.000000126. The van der Waals surface area contributed by atoms with Crippen LogP contribution in [-0.2, 0) is 68.1 Å². The van der Waals surface area contributed by atoms with Crippen molar-refractivity contribution in [2.45, 2.75) is 62.3 Å². The lowest BCUT2D eigenvalue weighted by Crippen LogP contribution is -2.20. The highest BCUT2D eigenvalue weighted by molar-refractivity contribution is 7.64. The topological polar surface area (TPSA) is 196 Å². The molecule has 15 aromatic carbocycles. The smallest absolute Gasteiger partial charge is 0.411 e. The summed E-state index contributed by atoms with van der Waals surface area (Å²) in [6.07, 6.45) is 0. The van der Waals surface area contributed by atoms with Crippen molar-refractivity contribution in [3.05, 3.63) is 492 Å². The van der Waals surface area contributed by atoms with Crippen LogP contribution in [0.25, 0.3) is 56.7 Å². The fourth-order valence-corrected chi connectivity index (χ4v) is 26.5. The van der Waals surface area contributed by atoms with Crippen molar-refractivity contribution in [3.63, 3.8) is 0 Å². The van der Waals surface area contributed by atoms with Gasteiger partial charge in [-0.2, -0.15) is 0 Å². The molecule has 24 heteroatoms. The first kappa shape index (κ1) is 100. The third-order valence-corrected chi connectivity index (χ3v) is 33.8. The van der Waals surface area contributed by atoms with Crippen molar-refractivity contribution in [1.82, 2.24) is 0 Å². The number of rotatable bonds is 22. The third kappa shape index (κ3) is 21.8. The van der Waals surface area contributed by atoms with Crippen LogP contribution in [0.1, 0.15) is 140 Å². The fourth-order valence-electron chi connectivity index (χ4n) is 17.0. The minimum Gasteiger partial charge on any atom is -0.497 e. The van der Waals surface area contributed by atoms with Gasteiger partial charge in [-0.3, -0.25) is 22.6 Å². The standard InChI is InChI=1S/C24H23O5P.2C24H23O3P.C22H17Cl2O3P.C22H19O3P/c1-4-28-30(25)22-8-6-5-7-21(22)23(17-9-13-19(26-2)14-10-17)24(29-30)18-11-15-20(27-3)16-12-18;1-4-26-28(25)22-14-6-5-13-21(22)23(19-11-7-9-17(2)15-19)24(27-28)20-12-8-10-18(3)16-20;1-4-26-28(25)22-8-6-5-7-21(22)23(19-13-9-17(2)10-14-19)24(27-28)20-15-11-18(3)12-16-20;1-2-26-28(25)20-12-4-3-11-19(20)21(15-7-5-9-17(23)13-15)22(27-28)16-8-6-10-18(24)14-16;1-2-24-26(23)20-16-10-9-15-19(20)21(17-11-5-3-6-12-17)22(25-26)18-13-7-4-8-14-18/h5-16H,4H2,1-3H3;2*5-16H,4H2,1-3H3;3-14H,2H2,1H3;3-16H,2H2,1H3. The second-order valence-corrected chi connectivity index (χ2v) is 43.3. The van der Waals surface area contributed by atoms with E-state index in [0.717, 1.165) is 140 Å². The van der Waals surface area contributed by atoms with Crippen molar-refractivity contribution < 1.29 is 77.5 Å². The SMILES string of the molecule is CCOP1(=O)OC(c2ccc(C)cc2)=C(c2ccc(C)cc2)c2ccccc21.CCOP1(=O)OC(c2ccc(OC)cc2)=C(c2ccc(OC)cc2)c2ccccc21.CCOP1(=O)OC(c2cccc(C)c2)=C(c2cccc(C)c2)c2ccccc21.CCOP1(=O)OC(c2cccc(Cl)c2)=C(c2cccc(Cl)c2)c2ccccc21.CCOP1(=O)OC(c2ccccc2)=C(c2ccccc2)c2ccccc21. The van der Waals surface area contributed by atoms with Crippen LogP contribution < -0.4 is 36.0 Å². The molecule has 0 saturated carbocycles. The molecule has 0 saturated heterocycles. The van der Waals surface area contributed by atoms with Gasteiger partial charge >= 0.3 is 38.0 Å². The Kier molecular flexibility index (Phi) is 32.0. The molecule has 20 rings (SSSR count). The molecule has 5 aliphatic heterocycles. The summed E-state index contributed by atoms with van der Waals surface area (Å²) in [4.78, 5) is 0. The van der Waals surface area contributed by atoms with Gasteiger partial charge in [0.2, 0.25) is 0 Å². The Labute approximate surface area is 829 Å². The summed E-state index contributed by atoms with van der Waals surface area (Å²) in [6.45, 7) is 18.8. The molecule has 0 aromatic heterocycles. The third-order valence-electron chi connectivity index (χ3n) is 23.3. The minimum atomic E-state index is -3.54. The Bertz CT molecular complexity index is 7310. The van der Waals surface area contributed by atoms with E-state index in [-0.39, 0.29) is 13.2 Å². The molecule has 0 spiro atoms. The summed E-state index contributed by atoms with van der Waals surface area (Å²) in [5.74, 6) is 4.25. The first-order valence-corrected chi connectivity index (χ1v) is 54.5. The number of halogens is 2. The largest absolute Gasteiger partial charge is 0.497 e. The van der Waals surface area contributed by atoms with E-state index in [4.69, 9.17) is 77.9 Å². The van der Waals surface area contributed by atoms with Crippen molar-refractivity contribution in [1.29, 1.82) is 0 Å². The maximum absolute atomic E-state index is 13.7. The highest BCUT2D eigenvalue weighted by atomic mass is 35.5. The molecule has 0 bridgehead atoms. The number of benzene rings is 15. The van der Waals surface area contributed by atoms with Crippen LogP contribution in [0.3, 0.4) is 0 Å². The molecule has 15 aromatic rings. The van der Waals surface area contributed by atoms with Gasteiger partial charge in [0, 0.05) is 93.5 Å². The van der Waals surface area contributed by atoms with E-state index in [1.54, 1.807) is 52.3 Å². The molecule has 0 fully saturated rings. The van der Waals surface area contributed by atoms with Crippen LogP contribution >= 0.6 is 61.2 Å². The van der Waals surface area contributed by atoms with Gasteiger partial charge in [0.25, 0.3) is 0 Å². The maximum Gasteiger partial charge on any atom is 0.411 e. The monoisotopic (exact) mass is 1990 g/mol. The predicted molar refractivity (Wildman–Crippen MR) is 568 cm³/mol. The lowest BCUT2D eigenvalue weighted by molar-refractivity contribution is 0.278. The van der Waals surface area contributed by atoms with Gasteiger partial charge in [-0.25, -0.2) is 22.8 Å². The Morgan fingerprint density at radius 3 is 0.736 bits per heavy atom.